The number of carbonyl (C=O) groups is 1. The Kier molecular flexibility index (Phi) is 4.46. The van der Waals surface area contributed by atoms with Crippen LogP contribution in [-0.4, -0.2) is 27.7 Å². The molecule has 6 nitrogen and oxygen atoms in total. The number of aromatic nitrogens is 1. The topological polar surface area (TPSA) is 85.0 Å². The van der Waals surface area contributed by atoms with Crippen LogP contribution in [0, 0.1) is 28.3 Å². The molecule has 0 aliphatic carbocycles. The highest BCUT2D eigenvalue weighted by Gasteiger charge is 2.40. The first-order chi connectivity index (χ1) is 14.4. The van der Waals surface area contributed by atoms with Gasteiger partial charge in [-0.05, 0) is 44.5 Å². The van der Waals surface area contributed by atoms with E-state index >= 15 is 8.78 Å². The minimum atomic E-state index is -1.03. The van der Waals surface area contributed by atoms with Crippen LogP contribution in [0.3, 0.4) is 0 Å². The zero-order valence-electron chi connectivity index (χ0n) is 17.3. The van der Waals surface area contributed by atoms with Crippen LogP contribution in [0.5, 0.6) is 0 Å². The number of rotatable bonds is 1. The van der Waals surface area contributed by atoms with Gasteiger partial charge in [-0.2, -0.15) is 0 Å². The number of amidine groups is 2. The lowest BCUT2D eigenvalue weighted by molar-refractivity contribution is 0.0941. The van der Waals surface area contributed by atoms with Crippen molar-refractivity contribution in [3.05, 3.63) is 47.9 Å². The Balaban J connectivity index is 2.07. The number of benzene rings is 2. The fraction of sp³-hybridized carbons (Fsp3) is 0.227. The van der Waals surface area contributed by atoms with Crippen molar-refractivity contribution in [3.63, 3.8) is 0 Å². The average molecular weight is 427 g/mol. The molecule has 2 heterocycles. The van der Waals surface area contributed by atoms with Gasteiger partial charge in [-0.25, -0.2) is 13.2 Å². The lowest BCUT2D eigenvalue weighted by Crippen LogP contribution is -2.55. The molecule has 0 radical (unpaired) electrons. The maximum atomic E-state index is 15.9. The number of hydrogen-bond acceptors (Lipinski definition) is 4. The highest BCUT2D eigenvalue weighted by Crippen LogP contribution is 2.44. The molecular weight excluding hydrogens is 407 g/mol. The molecule has 1 aromatic heterocycles. The van der Waals surface area contributed by atoms with E-state index in [1.54, 1.807) is 13.8 Å². The van der Waals surface area contributed by atoms with E-state index in [9.17, 15) is 9.18 Å². The van der Waals surface area contributed by atoms with Gasteiger partial charge in [0.05, 0.1) is 22.3 Å². The summed E-state index contributed by atoms with van der Waals surface area (Å²) < 4.78 is 46.7. The molecule has 2 aromatic carbocycles. The standard InChI is InChI=1S/C22H20F3N5O/c1-10(26)30-20-16(28-22(3,4)21(30)27)9-15(24)18(19(20)25)14-7-12(23)8-17-13(14)5-6-29(17)11(2)31/h5-9,26-28H,1-4H3. The predicted octanol–water partition coefficient (Wildman–Crippen LogP) is 5.37. The minimum Gasteiger partial charge on any atom is -0.371 e. The molecule has 0 saturated heterocycles. The van der Waals surface area contributed by atoms with Gasteiger partial charge in [0.2, 0.25) is 5.91 Å². The summed E-state index contributed by atoms with van der Waals surface area (Å²) in [5, 5.41) is 19.7. The van der Waals surface area contributed by atoms with E-state index in [1.807, 2.05) is 0 Å². The van der Waals surface area contributed by atoms with Crippen molar-refractivity contribution in [2.75, 3.05) is 10.2 Å². The minimum absolute atomic E-state index is 0.0632. The van der Waals surface area contributed by atoms with Crippen molar-refractivity contribution >= 4 is 39.9 Å². The quantitative estimate of drug-likeness (QED) is 0.361. The van der Waals surface area contributed by atoms with Gasteiger partial charge in [0, 0.05) is 24.6 Å². The molecule has 0 unspecified atom stereocenters. The molecule has 1 aliphatic heterocycles. The fourth-order valence-electron chi connectivity index (χ4n) is 3.98. The first-order valence-electron chi connectivity index (χ1n) is 9.50. The summed E-state index contributed by atoms with van der Waals surface area (Å²) >= 11 is 0. The number of hydrogen-bond donors (Lipinski definition) is 3. The van der Waals surface area contributed by atoms with Crippen LogP contribution in [0.2, 0.25) is 0 Å². The molecule has 0 amide bonds. The van der Waals surface area contributed by atoms with Crippen LogP contribution in [-0.2, 0) is 0 Å². The molecular formula is C22H20F3N5O. The highest BCUT2D eigenvalue weighted by molar-refractivity contribution is 6.24. The Morgan fingerprint density at radius 3 is 2.42 bits per heavy atom. The average Bonchev–Trinajstić information content (AvgIpc) is 3.06. The van der Waals surface area contributed by atoms with Crippen LogP contribution in [0.25, 0.3) is 22.0 Å². The van der Waals surface area contributed by atoms with Gasteiger partial charge in [0.15, 0.2) is 5.82 Å². The normalized spacial score (nSPS) is 15.1. The molecule has 0 fully saturated rings. The monoisotopic (exact) mass is 427 g/mol. The van der Waals surface area contributed by atoms with Crippen molar-refractivity contribution in [3.8, 4) is 11.1 Å². The molecule has 160 valence electrons. The lowest BCUT2D eigenvalue weighted by Gasteiger charge is -2.42. The first kappa shape index (κ1) is 20.6. The van der Waals surface area contributed by atoms with E-state index in [0.717, 1.165) is 23.1 Å². The molecule has 0 bridgehead atoms. The van der Waals surface area contributed by atoms with Crippen LogP contribution < -0.4 is 10.2 Å². The van der Waals surface area contributed by atoms with Crippen LogP contribution in [0.15, 0.2) is 30.5 Å². The van der Waals surface area contributed by atoms with Gasteiger partial charge in [-0.3, -0.25) is 25.1 Å². The Morgan fingerprint density at radius 2 is 1.81 bits per heavy atom. The highest BCUT2D eigenvalue weighted by atomic mass is 19.1. The maximum Gasteiger partial charge on any atom is 0.227 e. The summed E-state index contributed by atoms with van der Waals surface area (Å²) in [5.74, 6) is -3.30. The van der Waals surface area contributed by atoms with Crippen LogP contribution in [0.4, 0.5) is 24.5 Å². The van der Waals surface area contributed by atoms with Crippen molar-refractivity contribution in [2.24, 2.45) is 0 Å². The number of carbonyl (C=O) groups excluding carboxylic acids is 1. The molecule has 3 N–H and O–H groups in total. The van der Waals surface area contributed by atoms with E-state index in [4.69, 9.17) is 10.8 Å². The van der Waals surface area contributed by atoms with Crippen molar-refractivity contribution in [1.29, 1.82) is 10.8 Å². The van der Waals surface area contributed by atoms with Crippen LogP contribution in [0.1, 0.15) is 32.5 Å². The van der Waals surface area contributed by atoms with Gasteiger partial charge in [0.25, 0.3) is 0 Å². The van der Waals surface area contributed by atoms with Gasteiger partial charge in [-0.15, -0.1) is 0 Å². The first-order valence-corrected chi connectivity index (χ1v) is 9.50. The number of nitrogens with zero attached hydrogens (tertiary/aromatic N) is 2. The molecule has 1 aliphatic rings. The number of halogens is 3. The van der Waals surface area contributed by atoms with E-state index in [-0.39, 0.29) is 40.0 Å². The molecule has 3 aromatic rings. The molecule has 4 rings (SSSR count). The summed E-state index contributed by atoms with van der Waals surface area (Å²) in [7, 11) is 0. The second kappa shape index (κ2) is 6.69. The van der Waals surface area contributed by atoms with Gasteiger partial charge in [-0.1, -0.05) is 0 Å². The Bertz CT molecular complexity index is 1310. The molecule has 0 atom stereocenters. The van der Waals surface area contributed by atoms with Gasteiger partial charge in [0.1, 0.15) is 29.0 Å². The largest absolute Gasteiger partial charge is 0.371 e. The third kappa shape index (κ3) is 2.99. The number of nitrogens with one attached hydrogen (secondary N) is 3. The molecule has 0 spiro atoms. The van der Waals surface area contributed by atoms with Gasteiger partial charge >= 0.3 is 0 Å². The van der Waals surface area contributed by atoms with E-state index in [0.29, 0.717) is 5.39 Å². The van der Waals surface area contributed by atoms with Crippen molar-refractivity contribution in [1.82, 2.24) is 4.57 Å². The predicted molar refractivity (Wildman–Crippen MR) is 115 cm³/mol. The summed E-state index contributed by atoms with van der Waals surface area (Å²) in [5.41, 5.74) is -1.44. The third-order valence-electron chi connectivity index (χ3n) is 5.40. The Hall–Kier alpha value is -3.62. The SMILES string of the molecule is CC(=N)N1C(=N)C(C)(C)Nc2cc(F)c(-c3cc(F)cc4c3ccn4C(C)=O)c(F)c21. The van der Waals surface area contributed by atoms with Gasteiger partial charge < -0.3 is 5.32 Å². The van der Waals surface area contributed by atoms with E-state index in [2.05, 4.69) is 5.32 Å². The molecule has 31 heavy (non-hydrogen) atoms. The summed E-state index contributed by atoms with van der Waals surface area (Å²) in [6.07, 6.45) is 1.41. The Morgan fingerprint density at radius 1 is 1.13 bits per heavy atom. The summed E-state index contributed by atoms with van der Waals surface area (Å²) in [6, 6.07) is 4.71. The van der Waals surface area contributed by atoms with Crippen LogP contribution >= 0.6 is 0 Å². The number of anilines is 2. The number of fused-ring (bicyclic) bond motifs is 2. The van der Waals surface area contributed by atoms with E-state index in [1.165, 1.54) is 30.7 Å². The van der Waals surface area contributed by atoms with Crippen molar-refractivity contribution < 1.29 is 18.0 Å². The van der Waals surface area contributed by atoms with E-state index < -0.39 is 28.6 Å². The zero-order valence-corrected chi connectivity index (χ0v) is 17.3. The summed E-state index contributed by atoms with van der Waals surface area (Å²) in [6.45, 7) is 6.03. The fourth-order valence-corrected chi connectivity index (χ4v) is 3.98. The third-order valence-corrected chi connectivity index (χ3v) is 5.40. The smallest absolute Gasteiger partial charge is 0.227 e. The second-order valence-electron chi connectivity index (χ2n) is 8.05. The second-order valence-corrected chi connectivity index (χ2v) is 8.05. The molecule has 0 saturated carbocycles. The maximum absolute atomic E-state index is 15.9. The lowest BCUT2D eigenvalue weighted by atomic mass is 9.93. The molecule has 9 heteroatoms. The summed E-state index contributed by atoms with van der Waals surface area (Å²) in [4.78, 5) is 12.9. The zero-order chi connectivity index (χ0) is 22.8. The Labute approximate surface area is 176 Å². The van der Waals surface area contributed by atoms with Crippen molar-refractivity contribution in [2.45, 2.75) is 33.2 Å².